The van der Waals surface area contributed by atoms with Crippen molar-refractivity contribution in [3.63, 3.8) is 0 Å². The molecule has 0 rings (SSSR count). The Hall–Kier alpha value is -0.500. The zero-order valence-corrected chi connectivity index (χ0v) is 47.5. The number of phosphoric acid groups is 1. The maximum absolute atomic E-state index is 13.0. The molecule has 0 saturated heterocycles. The molecule has 2 N–H and O–H groups in total. The first kappa shape index (κ1) is 67.5. The lowest BCUT2D eigenvalue weighted by Crippen LogP contribution is -2.46. The van der Waals surface area contributed by atoms with E-state index in [2.05, 4.69) is 19.2 Å². The lowest BCUT2D eigenvalue weighted by molar-refractivity contribution is -0.870. The zero-order valence-electron chi connectivity index (χ0n) is 46.6. The molecule has 0 aromatic rings. The second-order valence-corrected chi connectivity index (χ2v) is 23.8. The average molecular weight is 986 g/mol. The van der Waals surface area contributed by atoms with E-state index in [1.54, 1.807) is 0 Å². The first-order chi connectivity index (χ1) is 33.0. The summed E-state index contributed by atoms with van der Waals surface area (Å²) in [6, 6.07) is -0.795. The quantitative estimate of drug-likeness (QED) is 0.0357. The molecule has 408 valence electrons. The highest BCUT2D eigenvalue weighted by Gasteiger charge is 2.24. The van der Waals surface area contributed by atoms with Crippen LogP contribution in [-0.4, -0.2) is 68.5 Å². The van der Waals surface area contributed by atoms with Crippen molar-refractivity contribution in [1.29, 1.82) is 0 Å². The zero-order chi connectivity index (χ0) is 49.9. The van der Waals surface area contributed by atoms with Crippen molar-refractivity contribution in [2.24, 2.45) is 0 Å². The highest BCUT2D eigenvalue weighted by Crippen LogP contribution is 2.38. The van der Waals surface area contributed by atoms with Crippen LogP contribution in [0.5, 0.6) is 0 Å². The minimum atomic E-state index is -4.57. The lowest BCUT2D eigenvalue weighted by atomic mass is 10.0. The Kier molecular flexibility index (Phi) is 51.0. The summed E-state index contributed by atoms with van der Waals surface area (Å²) >= 11 is 0. The number of amides is 1. The van der Waals surface area contributed by atoms with Crippen molar-refractivity contribution in [3.05, 3.63) is 0 Å². The second-order valence-electron chi connectivity index (χ2n) is 22.4. The van der Waals surface area contributed by atoms with Crippen LogP contribution in [0.15, 0.2) is 0 Å². The van der Waals surface area contributed by atoms with Crippen LogP contribution in [0.4, 0.5) is 0 Å². The Morgan fingerprint density at radius 2 is 0.721 bits per heavy atom. The fourth-order valence-electron chi connectivity index (χ4n) is 9.57. The van der Waals surface area contributed by atoms with Crippen molar-refractivity contribution in [2.75, 3.05) is 40.9 Å². The molecule has 68 heavy (non-hydrogen) atoms. The summed E-state index contributed by atoms with van der Waals surface area (Å²) in [5.74, 6) is -0.156. The maximum Gasteiger partial charge on any atom is 0.268 e. The molecule has 0 fully saturated rings. The van der Waals surface area contributed by atoms with Crippen LogP contribution in [0.2, 0.25) is 0 Å². The lowest BCUT2D eigenvalue weighted by Gasteiger charge is -2.30. The largest absolute Gasteiger partial charge is 0.756 e. The molecule has 0 aliphatic heterocycles. The number of rotatable bonds is 57. The van der Waals surface area contributed by atoms with E-state index in [-0.39, 0.29) is 19.1 Å². The molecule has 0 aliphatic carbocycles. The third-order valence-corrected chi connectivity index (χ3v) is 15.3. The van der Waals surface area contributed by atoms with Gasteiger partial charge >= 0.3 is 0 Å². The number of likely N-dealkylation sites (N-methyl/N-ethyl adjacent to an activating group) is 1. The summed E-state index contributed by atoms with van der Waals surface area (Å²) in [6.07, 6.45) is 61.5. The van der Waals surface area contributed by atoms with Gasteiger partial charge in [0.25, 0.3) is 7.82 Å². The normalized spacial score (nSPS) is 13.8. The topological polar surface area (TPSA) is 108 Å². The molecule has 3 atom stereocenters. The Morgan fingerprint density at radius 1 is 0.456 bits per heavy atom. The molecule has 0 aromatic carbocycles. The number of phosphoric ester groups is 1. The number of nitrogens with one attached hydrogen (secondary N) is 1. The molecule has 0 bridgehead atoms. The molecule has 0 radical (unpaired) electrons. The van der Waals surface area contributed by atoms with Crippen LogP contribution < -0.4 is 10.2 Å². The van der Waals surface area contributed by atoms with Crippen LogP contribution in [0.3, 0.4) is 0 Å². The smallest absolute Gasteiger partial charge is 0.268 e. The number of carbonyl (C=O) groups excluding carboxylic acids is 1. The SMILES string of the molecule is CCCCCCCCCCCCCCCCCCCCCCCCCCCCCCCC(=O)NC(COP(=O)([O-])OCC[N+](C)(C)C)C(O)CCCCCCCCCCCCCCCCCCC. The summed E-state index contributed by atoms with van der Waals surface area (Å²) in [6.45, 7) is 4.78. The van der Waals surface area contributed by atoms with Crippen molar-refractivity contribution in [2.45, 2.75) is 334 Å². The van der Waals surface area contributed by atoms with E-state index in [4.69, 9.17) is 9.05 Å². The Morgan fingerprint density at radius 3 is 1.00 bits per heavy atom. The Bertz CT molecular complexity index is 1070. The van der Waals surface area contributed by atoms with E-state index < -0.39 is 20.0 Å². The fraction of sp³-hybridized carbons (Fsp3) is 0.983. The molecule has 9 heteroatoms. The van der Waals surface area contributed by atoms with Gasteiger partial charge in [-0.2, -0.15) is 0 Å². The summed E-state index contributed by atoms with van der Waals surface area (Å²) in [4.78, 5) is 25.5. The molecule has 3 unspecified atom stereocenters. The number of aliphatic hydroxyl groups excluding tert-OH is 1. The maximum atomic E-state index is 13.0. The van der Waals surface area contributed by atoms with E-state index in [0.717, 1.165) is 38.5 Å². The number of nitrogens with zero attached hydrogens (tertiary/aromatic N) is 1. The van der Waals surface area contributed by atoms with Crippen LogP contribution in [-0.2, 0) is 18.4 Å². The minimum absolute atomic E-state index is 0.0166. The number of hydrogen-bond donors (Lipinski definition) is 2. The van der Waals surface area contributed by atoms with Crippen molar-refractivity contribution >= 4 is 13.7 Å². The van der Waals surface area contributed by atoms with Gasteiger partial charge in [0.15, 0.2) is 0 Å². The van der Waals surface area contributed by atoms with Gasteiger partial charge in [0.1, 0.15) is 13.2 Å². The minimum Gasteiger partial charge on any atom is -0.756 e. The van der Waals surface area contributed by atoms with Gasteiger partial charge in [0.05, 0.1) is 39.9 Å². The molecule has 0 aliphatic rings. The number of aliphatic hydroxyl groups is 1. The third kappa shape index (κ3) is 53.3. The summed E-state index contributed by atoms with van der Waals surface area (Å²) in [5.41, 5.74) is 0. The van der Waals surface area contributed by atoms with E-state index in [0.29, 0.717) is 23.9 Å². The summed E-state index contributed by atoms with van der Waals surface area (Å²) in [5, 5.41) is 14.0. The predicted octanol–water partition coefficient (Wildman–Crippen LogP) is 17.8. The first-order valence-electron chi connectivity index (χ1n) is 30.4. The van der Waals surface area contributed by atoms with Crippen molar-refractivity contribution in [3.8, 4) is 0 Å². The molecule has 0 heterocycles. The number of hydrogen-bond acceptors (Lipinski definition) is 6. The van der Waals surface area contributed by atoms with Gasteiger partial charge in [0.2, 0.25) is 5.91 Å². The molecule has 8 nitrogen and oxygen atoms in total. The Labute approximate surface area is 425 Å². The van der Waals surface area contributed by atoms with Crippen molar-refractivity contribution in [1.82, 2.24) is 5.32 Å². The molecular weight excluding hydrogens is 864 g/mol. The summed E-state index contributed by atoms with van der Waals surface area (Å²) in [7, 11) is 1.33. The first-order valence-corrected chi connectivity index (χ1v) is 31.8. The molecule has 0 spiro atoms. The van der Waals surface area contributed by atoms with E-state index >= 15 is 0 Å². The van der Waals surface area contributed by atoms with Gasteiger partial charge in [-0.1, -0.05) is 303 Å². The van der Waals surface area contributed by atoms with Gasteiger partial charge in [0, 0.05) is 6.42 Å². The molecular formula is C59H121N2O6P. The second kappa shape index (κ2) is 51.4. The monoisotopic (exact) mass is 985 g/mol. The highest BCUT2D eigenvalue weighted by atomic mass is 31.2. The number of unbranched alkanes of at least 4 members (excludes halogenated alkanes) is 44. The molecule has 0 saturated carbocycles. The van der Waals surface area contributed by atoms with Crippen LogP contribution in [0.25, 0.3) is 0 Å². The van der Waals surface area contributed by atoms with E-state index in [1.165, 1.54) is 257 Å². The molecule has 0 aromatic heterocycles. The van der Waals surface area contributed by atoms with E-state index in [1.807, 2.05) is 21.1 Å². The number of quaternary nitrogens is 1. The van der Waals surface area contributed by atoms with Crippen molar-refractivity contribution < 1.29 is 32.9 Å². The van der Waals surface area contributed by atoms with Crippen LogP contribution >= 0.6 is 7.82 Å². The van der Waals surface area contributed by atoms with Gasteiger partial charge in [-0.05, 0) is 12.8 Å². The Balaban J connectivity index is 4.02. The van der Waals surface area contributed by atoms with Crippen LogP contribution in [0.1, 0.15) is 322 Å². The van der Waals surface area contributed by atoms with Gasteiger partial charge < -0.3 is 28.8 Å². The van der Waals surface area contributed by atoms with Gasteiger partial charge in [-0.3, -0.25) is 9.36 Å². The number of carbonyl (C=O) groups is 1. The molecule has 1 amide bonds. The predicted molar refractivity (Wildman–Crippen MR) is 293 cm³/mol. The van der Waals surface area contributed by atoms with Gasteiger partial charge in [-0.15, -0.1) is 0 Å². The standard InChI is InChI=1S/C59H121N2O6P/c1-6-8-10-12-14-16-18-20-22-24-25-26-27-28-29-30-31-32-33-34-35-37-39-41-43-45-47-49-51-53-59(63)60-57(56-67-68(64,65)66-55-54-61(3,4)5)58(62)52-50-48-46-44-42-40-38-36-23-21-19-17-15-13-11-9-7-2/h57-58,62H,6-56H2,1-5H3,(H-,60,63,64,65). The average Bonchev–Trinajstić information content (AvgIpc) is 3.30. The third-order valence-electron chi connectivity index (χ3n) is 14.3. The summed E-state index contributed by atoms with van der Waals surface area (Å²) < 4.78 is 23.4. The van der Waals surface area contributed by atoms with E-state index in [9.17, 15) is 19.4 Å². The van der Waals surface area contributed by atoms with Gasteiger partial charge in [-0.25, -0.2) is 0 Å². The highest BCUT2D eigenvalue weighted by molar-refractivity contribution is 7.45. The fourth-order valence-corrected chi connectivity index (χ4v) is 10.3. The van der Waals surface area contributed by atoms with Crippen LogP contribution in [0, 0.1) is 0 Å².